The van der Waals surface area contributed by atoms with Crippen molar-refractivity contribution in [1.29, 1.82) is 0 Å². The van der Waals surface area contributed by atoms with E-state index in [0.717, 1.165) is 0 Å². The third-order valence-corrected chi connectivity index (χ3v) is 2.70. The maximum absolute atomic E-state index is 12.9. The first-order valence-electron chi connectivity index (χ1n) is 5.62. The summed E-state index contributed by atoms with van der Waals surface area (Å²) in [6.07, 6.45) is 0. The van der Waals surface area contributed by atoms with Crippen molar-refractivity contribution in [2.24, 2.45) is 0 Å². The van der Waals surface area contributed by atoms with Crippen LogP contribution in [0.15, 0.2) is 24.3 Å². The maximum atomic E-state index is 12.9. The molecule has 0 spiro atoms. The fourth-order valence-corrected chi connectivity index (χ4v) is 1.69. The largest absolute Gasteiger partial charge is 0.468 e. The van der Waals surface area contributed by atoms with Crippen molar-refractivity contribution in [1.82, 2.24) is 4.90 Å². The topological polar surface area (TPSA) is 38.8 Å². The molecule has 0 amide bonds. The van der Waals surface area contributed by atoms with Crippen LogP contribution in [0.5, 0.6) is 0 Å². The molecule has 1 atom stereocenters. The van der Waals surface area contributed by atoms with Crippen molar-refractivity contribution in [2.75, 3.05) is 34.4 Å². The lowest BCUT2D eigenvalue weighted by molar-refractivity contribution is -0.147. The van der Waals surface area contributed by atoms with E-state index < -0.39 is 6.04 Å². The molecular formula is C13H18FNO3. The highest BCUT2D eigenvalue weighted by Gasteiger charge is 2.25. The van der Waals surface area contributed by atoms with E-state index in [9.17, 15) is 9.18 Å². The highest BCUT2D eigenvalue weighted by Crippen LogP contribution is 2.21. The molecule has 0 fully saturated rings. The molecule has 18 heavy (non-hydrogen) atoms. The molecule has 1 aromatic carbocycles. The first kappa shape index (κ1) is 14.6. The Morgan fingerprint density at radius 1 is 1.33 bits per heavy atom. The van der Waals surface area contributed by atoms with Crippen molar-refractivity contribution in [2.45, 2.75) is 6.04 Å². The molecule has 0 N–H and O–H groups in total. The number of rotatable bonds is 6. The molecule has 0 saturated heterocycles. The summed E-state index contributed by atoms with van der Waals surface area (Å²) in [7, 11) is 4.73. The molecule has 100 valence electrons. The van der Waals surface area contributed by atoms with Gasteiger partial charge in [-0.3, -0.25) is 4.90 Å². The van der Waals surface area contributed by atoms with E-state index in [1.165, 1.54) is 19.2 Å². The lowest BCUT2D eigenvalue weighted by Gasteiger charge is -2.25. The zero-order valence-corrected chi connectivity index (χ0v) is 10.9. The van der Waals surface area contributed by atoms with Gasteiger partial charge in [-0.2, -0.15) is 0 Å². The maximum Gasteiger partial charge on any atom is 0.327 e. The predicted octanol–water partition coefficient (Wildman–Crippen LogP) is 1.62. The standard InChI is InChI=1S/C13H18FNO3/c1-15(8-9-17-2)12(13(16)18-3)10-4-6-11(14)7-5-10/h4-7,12H,8-9H2,1-3H3/t12-/m1/s1. The lowest BCUT2D eigenvalue weighted by atomic mass is 10.1. The van der Waals surface area contributed by atoms with Crippen LogP contribution in [0, 0.1) is 5.82 Å². The van der Waals surface area contributed by atoms with Crippen molar-refractivity contribution in [3.63, 3.8) is 0 Å². The van der Waals surface area contributed by atoms with Gasteiger partial charge in [-0.25, -0.2) is 9.18 Å². The van der Waals surface area contributed by atoms with Crippen LogP contribution >= 0.6 is 0 Å². The van der Waals surface area contributed by atoms with Gasteiger partial charge in [0.05, 0.1) is 13.7 Å². The molecule has 0 aliphatic rings. The number of carbonyl (C=O) groups is 1. The van der Waals surface area contributed by atoms with Crippen LogP contribution in [0.25, 0.3) is 0 Å². The molecule has 0 aliphatic carbocycles. The molecule has 0 saturated carbocycles. The molecule has 0 aliphatic heterocycles. The minimum atomic E-state index is -0.550. The second-order valence-electron chi connectivity index (χ2n) is 3.95. The van der Waals surface area contributed by atoms with Gasteiger partial charge in [-0.15, -0.1) is 0 Å². The highest BCUT2D eigenvalue weighted by atomic mass is 19.1. The van der Waals surface area contributed by atoms with Gasteiger partial charge in [0, 0.05) is 13.7 Å². The third kappa shape index (κ3) is 3.78. The smallest absolute Gasteiger partial charge is 0.327 e. The summed E-state index contributed by atoms with van der Waals surface area (Å²) in [4.78, 5) is 13.6. The van der Waals surface area contributed by atoms with Crippen molar-refractivity contribution in [3.05, 3.63) is 35.6 Å². The Kier molecular flexibility index (Phi) is 5.74. The van der Waals surface area contributed by atoms with Gasteiger partial charge < -0.3 is 9.47 Å². The van der Waals surface area contributed by atoms with Gasteiger partial charge in [0.15, 0.2) is 0 Å². The fourth-order valence-electron chi connectivity index (χ4n) is 1.69. The number of likely N-dealkylation sites (N-methyl/N-ethyl adjacent to an activating group) is 1. The van der Waals surface area contributed by atoms with Crippen molar-refractivity contribution >= 4 is 5.97 Å². The normalized spacial score (nSPS) is 12.5. The summed E-state index contributed by atoms with van der Waals surface area (Å²) >= 11 is 0. The Labute approximate surface area is 106 Å². The van der Waals surface area contributed by atoms with Crippen molar-refractivity contribution in [3.8, 4) is 0 Å². The number of hydrogen-bond acceptors (Lipinski definition) is 4. The Morgan fingerprint density at radius 2 is 1.94 bits per heavy atom. The van der Waals surface area contributed by atoms with Gasteiger partial charge >= 0.3 is 5.97 Å². The van der Waals surface area contributed by atoms with Crippen LogP contribution in [0.2, 0.25) is 0 Å². The Bertz CT molecular complexity index is 380. The molecule has 0 aromatic heterocycles. The Balaban J connectivity index is 2.90. The van der Waals surface area contributed by atoms with Gasteiger partial charge in [0.25, 0.3) is 0 Å². The first-order valence-corrected chi connectivity index (χ1v) is 5.62. The Morgan fingerprint density at radius 3 is 2.44 bits per heavy atom. The minimum Gasteiger partial charge on any atom is -0.468 e. The van der Waals surface area contributed by atoms with E-state index in [1.54, 1.807) is 26.3 Å². The van der Waals surface area contributed by atoms with E-state index in [1.807, 2.05) is 4.90 Å². The summed E-state index contributed by atoms with van der Waals surface area (Å²) in [5.41, 5.74) is 0.696. The van der Waals surface area contributed by atoms with Crippen LogP contribution in [0.3, 0.4) is 0 Å². The summed E-state index contributed by atoms with van der Waals surface area (Å²) in [6, 6.07) is 5.27. The minimum absolute atomic E-state index is 0.332. The molecular weight excluding hydrogens is 237 g/mol. The molecule has 1 rings (SSSR count). The van der Waals surface area contributed by atoms with Crippen molar-refractivity contribution < 1.29 is 18.7 Å². The number of benzene rings is 1. The molecule has 5 heteroatoms. The van der Waals surface area contributed by atoms with Gasteiger partial charge in [-0.05, 0) is 24.7 Å². The summed E-state index contributed by atoms with van der Waals surface area (Å²) in [6.45, 7) is 1.08. The van der Waals surface area contributed by atoms with E-state index in [0.29, 0.717) is 18.7 Å². The molecule has 0 radical (unpaired) electrons. The van der Waals surface area contributed by atoms with Crippen LogP contribution in [-0.4, -0.2) is 45.3 Å². The lowest BCUT2D eigenvalue weighted by Crippen LogP contribution is -2.34. The number of carbonyl (C=O) groups excluding carboxylic acids is 1. The monoisotopic (exact) mass is 255 g/mol. The second-order valence-corrected chi connectivity index (χ2v) is 3.95. The van der Waals surface area contributed by atoms with E-state index in [4.69, 9.17) is 9.47 Å². The average molecular weight is 255 g/mol. The van der Waals surface area contributed by atoms with Gasteiger partial charge in [0.1, 0.15) is 11.9 Å². The zero-order chi connectivity index (χ0) is 13.5. The summed E-state index contributed by atoms with van der Waals surface area (Å²) in [5, 5.41) is 0. The van der Waals surface area contributed by atoms with Crippen LogP contribution in [0.1, 0.15) is 11.6 Å². The number of nitrogens with zero attached hydrogens (tertiary/aromatic N) is 1. The zero-order valence-electron chi connectivity index (χ0n) is 10.9. The van der Waals surface area contributed by atoms with E-state index in [-0.39, 0.29) is 11.8 Å². The molecule has 4 nitrogen and oxygen atoms in total. The summed E-state index contributed by atoms with van der Waals surface area (Å²) < 4.78 is 22.6. The number of esters is 1. The molecule has 0 bridgehead atoms. The number of ether oxygens (including phenoxy) is 2. The molecule has 0 unspecified atom stereocenters. The molecule has 0 heterocycles. The first-order chi connectivity index (χ1) is 8.60. The second kappa shape index (κ2) is 7.08. The van der Waals surface area contributed by atoms with Gasteiger partial charge in [0.2, 0.25) is 0 Å². The van der Waals surface area contributed by atoms with Crippen LogP contribution in [-0.2, 0) is 14.3 Å². The Hall–Kier alpha value is -1.46. The third-order valence-electron chi connectivity index (χ3n) is 2.70. The highest BCUT2D eigenvalue weighted by molar-refractivity contribution is 5.77. The van der Waals surface area contributed by atoms with E-state index >= 15 is 0 Å². The number of hydrogen-bond donors (Lipinski definition) is 0. The quantitative estimate of drug-likeness (QED) is 0.724. The number of methoxy groups -OCH3 is 2. The van der Waals surface area contributed by atoms with Crippen LogP contribution in [0.4, 0.5) is 4.39 Å². The predicted molar refractivity (Wildman–Crippen MR) is 65.7 cm³/mol. The average Bonchev–Trinajstić information content (AvgIpc) is 2.38. The van der Waals surface area contributed by atoms with Gasteiger partial charge in [-0.1, -0.05) is 12.1 Å². The summed E-state index contributed by atoms with van der Waals surface area (Å²) in [5.74, 6) is -0.706. The fraction of sp³-hybridized carbons (Fsp3) is 0.462. The van der Waals surface area contributed by atoms with E-state index in [2.05, 4.69) is 0 Å². The number of halogens is 1. The van der Waals surface area contributed by atoms with Crippen LogP contribution < -0.4 is 0 Å². The molecule has 1 aromatic rings. The SMILES string of the molecule is COCCN(C)[C@@H](C(=O)OC)c1ccc(F)cc1.